The molecular formula is C13H17ClN2O2. The smallest absolute Gasteiger partial charge is 0.265 e. The van der Waals surface area contributed by atoms with Crippen molar-refractivity contribution < 1.29 is 9.53 Å². The Kier molecular flexibility index (Phi) is 4.44. The van der Waals surface area contributed by atoms with Crippen molar-refractivity contribution in [2.75, 3.05) is 31.1 Å². The van der Waals surface area contributed by atoms with Gasteiger partial charge >= 0.3 is 0 Å². The second-order valence-electron chi connectivity index (χ2n) is 4.15. The first kappa shape index (κ1) is 13.2. The van der Waals surface area contributed by atoms with Gasteiger partial charge in [-0.2, -0.15) is 0 Å². The van der Waals surface area contributed by atoms with Crippen LogP contribution in [0, 0.1) is 0 Å². The van der Waals surface area contributed by atoms with Crippen LogP contribution in [-0.2, 0) is 4.79 Å². The molecule has 2 rings (SSSR count). The highest BCUT2D eigenvalue weighted by atomic mass is 35.5. The van der Waals surface area contributed by atoms with Gasteiger partial charge in [0.05, 0.1) is 5.69 Å². The lowest BCUT2D eigenvalue weighted by Gasteiger charge is -2.29. The van der Waals surface area contributed by atoms with Crippen molar-refractivity contribution in [1.29, 1.82) is 0 Å². The van der Waals surface area contributed by atoms with E-state index in [0.717, 1.165) is 30.9 Å². The molecular weight excluding hydrogens is 252 g/mol. The number of halogens is 1. The van der Waals surface area contributed by atoms with Crippen molar-refractivity contribution in [1.82, 2.24) is 5.32 Å². The first-order valence-corrected chi connectivity index (χ1v) is 6.53. The molecule has 1 aromatic rings. The normalized spacial score (nSPS) is 14.3. The van der Waals surface area contributed by atoms with Crippen molar-refractivity contribution in [3.05, 3.63) is 23.2 Å². The molecule has 0 bridgehead atoms. The minimum atomic E-state index is -0.0127. The molecule has 5 heteroatoms. The summed E-state index contributed by atoms with van der Waals surface area (Å²) >= 11 is 5.97. The van der Waals surface area contributed by atoms with Crippen LogP contribution in [0.4, 0.5) is 5.69 Å². The van der Waals surface area contributed by atoms with E-state index in [4.69, 9.17) is 16.3 Å². The molecule has 1 aromatic carbocycles. The summed E-state index contributed by atoms with van der Waals surface area (Å²) in [4.78, 5) is 13.6. The molecule has 0 saturated carbocycles. The molecule has 1 N–H and O–H groups in total. The number of benzene rings is 1. The van der Waals surface area contributed by atoms with E-state index in [1.165, 1.54) is 0 Å². The SMILES string of the molecule is CCNCCCN1C(=O)COc2ccc(Cl)cc21. The third kappa shape index (κ3) is 2.94. The highest BCUT2D eigenvalue weighted by Crippen LogP contribution is 2.34. The first-order valence-electron chi connectivity index (χ1n) is 6.16. The molecule has 4 nitrogen and oxygen atoms in total. The maximum Gasteiger partial charge on any atom is 0.265 e. The lowest BCUT2D eigenvalue weighted by atomic mass is 10.2. The minimum Gasteiger partial charge on any atom is -0.482 e. The van der Waals surface area contributed by atoms with Gasteiger partial charge in [-0.15, -0.1) is 0 Å². The van der Waals surface area contributed by atoms with Gasteiger partial charge in [-0.3, -0.25) is 4.79 Å². The van der Waals surface area contributed by atoms with Gasteiger partial charge in [0.1, 0.15) is 5.75 Å². The third-order valence-corrected chi connectivity index (χ3v) is 3.08. The zero-order valence-corrected chi connectivity index (χ0v) is 11.2. The number of amides is 1. The molecule has 1 heterocycles. The van der Waals surface area contributed by atoms with Crippen molar-refractivity contribution in [2.24, 2.45) is 0 Å². The van der Waals surface area contributed by atoms with E-state index in [2.05, 4.69) is 12.2 Å². The Hall–Kier alpha value is -1.26. The van der Waals surface area contributed by atoms with Crippen LogP contribution in [-0.4, -0.2) is 32.1 Å². The highest BCUT2D eigenvalue weighted by molar-refractivity contribution is 6.31. The van der Waals surface area contributed by atoms with Gasteiger partial charge in [0.25, 0.3) is 5.91 Å². The molecule has 0 atom stereocenters. The summed E-state index contributed by atoms with van der Waals surface area (Å²) in [5, 5.41) is 3.86. The molecule has 1 aliphatic rings. The number of nitrogens with one attached hydrogen (secondary N) is 1. The van der Waals surface area contributed by atoms with Gasteiger partial charge in [-0.25, -0.2) is 0 Å². The van der Waals surface area contributed by atoms with Crippen molar-refractivity contribution in [2.45, 2.75) is 13.3 Å². The number of ether oxygens (including phenoxy) is 1. The maximum absolute atomic E-state index is 11.9. The standard InChI is InChI=1S/C13H17ClN2O2/c1-2-15-6-3-7-16-11-8-10(14)4-5-12(11)18-9-13(16)17/h4-5,8,15H,2-3,6-7,9H2,1H3. The summed E-state index contributed by atoms with van der Waals surface area (Å²) in [6, 6.07) is 5.36. The molecule has 0 aliphatic carbocycles. The van der Waals surface area contributed by atoms with Gasteiger partial charge in [-0.1, -0.05) is 18.5 Å². The summed E-state index contributed by atoms with van der Waals surface area (Å²) in [5.41, 5.74) is 0.773. The fourth-order valence-corrected chi connectivity index (χ4v) is 2.13. The van der Waals surface area contributed by atoms with Gasteiger partial charge < -0.3 is 15.0 Å². The van der Waals surface area contributed by atoms with Crippen LogP contribution in [0.2, 0.25) is 5.02 Å². The summed E-state index contributed by atoms with van der Waals surface area (Å²) in [5.74, 6) is 0.712. The summed E-state index contributed by atoms with van der Waals surface area (Å²) < 4.78 is 5.38. The average Bonchev–Trinajstić information content (AvgIpc) is 2.36. The molecule has 0 saturated heterocycles. The fourth-order valence-electron chi connectivity index (χ4n) is 1.96. The predicted molar refractivity (Wildman–Crippen MR) is 72.5 cm³/mol. The summed E-state index contributed by atoms with van der Waals surface area (Å²) in [6.45, 7) is 4.70. The van der Waals surface area contributed by atoms with E-state index in [1.54, 1.807) is 23.1 Å². The van der Waals surface area contributed by atoms with E-state index in [0.29, 0.717) is 11.6 Å². The van der Waals surface area contributed by atoms with Gasteiger partial charge in [0.15, 0.2) is 6.61 Å². The van der Waals surface area contributed by atoms with Gasteiger partial charge in [0, 0.05) is 11.6 Å². The van der Waals surface area contributed by atoms with Crippen LogP contribution in [0.15, 0.2) is 18.2 Å². The minimum absolute atomic E-state index is 0.0127. The largest absolute Gasteiger partial charge is 0.482 e. The summed E-state index contributed by atoms with van der Waals surface area (Å²) in [6.07, 6.45) is 0.908. The molecule has 0 unspecified atom stereocenters. The molecule has 98 valence electrons. The molecule has 0 spiro atoms. The number of carbonyl (C=O) groups excluding carboxylic acids is 1. The quantitative estimate of drug-likeness (QED) is 0.832. The van der Waals surface area contributed by atoms with E-state index in [1.807, 2.05) is 0 Å². The van der Waals surface area contributed by atoms with Gasteiger partial charge in [-0.05, 0) is 37.7 Å². The fraction of sp³-hybridized carbons (Fsp3) is 0.462. The first-order chi connectivity index (χ1) is 8.72. The van der Waals surface area contributed by atoms with Crippen LogP contribution in [0.1, 0.15) is 13.3 Å². The van der Waals surface area contributed by atoms with Crippen LogP contribution in [0.25, 0.3) is 0 Å². The second kappa shape index (κ2) is 6.07. The highest BCUT2D eigenvalue weighted by Gasteiger charge is 2.25. The number of rotatable bonds is 5. The van der Waals surface area contributed by atoms with Crippen molar-refractivity contribution >= 4 is 23.2 Å². The third-order valence-electron chi connectivity index (χ3n) is 2.85. The number of hydrogen-bond acceptors (Lipinski definition) is 3. The zero-order chi connectivity index (χ0) is 13.0. The number of fused-ring (bicyclic) bond motifs is 1. The van der Waals surface area contributed by atoms with E-state index in [9.17, 15) is 4.79 Å². The number of hydrogen-bond donors (Lipinski definition) is 1. The Morgan fingerprint density at radius 1 is 1.50 bits per heavy atom. The molecule has 0 fully saturated rings. The number of carbonyl (C=O) groups is 1. The van der Waals surface area contributed by atoms with Crippen LogP contribution >= 0.6 is 11.6 Å². The predicted octanol–water partition coefficient (Wildman–Crippen LogP) is 2.06. The van der Waals surface area contributed by atoms with Crippen LogP contribution in [0.5, 0.6) is 5.75 Å². The maximum atomic E-state index is 11.9. The molecule has 1 aliphatic heterocycles. The van der Waals surface area contributed by atoms with Crippen LogP contribution < -0.4 is 15.0 Å². The lowest BCUT2D eigenvalue weighted by molar-refractivity contribution is -0.121. The Bertz CT molecular complexity index is 437. The molecule has 0 aromatic heterocycles. The molecule has 1 amide bonds. The Balaban J connectivity index is 2.09. The summed E-state index contributed by atoms with van der Waals surface area (Å²) in [7, 11) is 0. The van der Waals surface area contributed by atoms with E-state index >= 15 is 0 Å². The van der Waals surface area contributed by atoms with Gasteiger partial charge in [0.2, 0.25) is 0 Å². The topological polar surface area (TPSA) is 41.6 Å². The number of nitrogens with zero attached hydrogens (tertiary/aromatic N) is 1. The molecule has 0 radical (unpaired) electrons. The Labute approximate surface area is 112 Å². The molecule has 18 heavy (non-hydrogen) atoms. The zero-order valence-electron chi connectivity index (χ0n) is 10.4. The van der Waals surface area contributed by atoms with E-state index in [-0.39, 0.29) is 12.5 Å². The average molecular weight is 269 g/mol. The van der Waals surface area contributed by atoms with E-state index < -0.39 is 0 Å². The monoisotopic (exact) mass is 268 g/mol. The Morgan fingerprint density at radius 2 is 2.33 bits per heavy atom. The number of anilines is 1. The Morgan fingerprint density at radius 3 is 3.11 bits per heavy atom. The van der Waals surface area contributed by atoms with Crippen LogP contribution in [0.3, 0.4) is 0 Å². The van der Waals surface area contributed by atoms with Crippen molar-refractivity contribution in [3.8, 4) is 5.75 Å². The second-order valence-corrected chi connectivity index (χ2v) is 4.59. The van der Waals surface area contributed by atoms with Crippen molar-refractivity contribution in [3.63, 3.8) is 0 Å². The lowest BCUT2D eigenvalue weighted by Crippen LogP contribution is -2.40.